The number of hydrogen-bond acceptors (Lipinski definition) is 3. The lowest BCUT2D eigenvalue weighted by Crippen LogP contribution is -2.12. The lowest BCUT2D eigenvalue weighted by molar-refractivity contribution is -0.117. The van der Waals surface area contributed by atoms with Crippen LogP contribution in [0, 0.1) is 12.8 Å². The summed E-state index contributed by atoms with van der Waals surface area (Å²) in [6.45, 7) is 1.99. The van der Waals surface area contributed by atoms with Gasteiger partial charge in [0, 0.05) is 28.2 Å². The number of benzene rings is 1. The van der Waals surface area contributed by atoms with Gasteiger partial charge in [0.2, 0.25) is 5.91 Å². The minimum absolute atomic E-state index is 0.146. The molecule has 0 unspecified atom stereocenters. The summed E-state index contributed by atoms with van der Waals surface area (Å²) in [7, 11) is 0. The third-order valence-electron chi connectivity index (χ3n) is 2.97. The Kier molecular flexibility index (Phi) is 2.88. The minimum atomic E-state index is 0.146. The summed E-state index contributed by atoms with van der Waals surface area (Å²) >= 11 is 1.64. The highest BCUT2D eigenvalue weighted by molar-refractivity contribution is 7.13. The second-order valence-electron chi connectivity index (χ2n) is 4.63. The van der Waals surface area contributed by atoms with Crippen molar-refractivity contribution in [1.82, 2.24) is 4.98 Å². The number of nitrogens with zero attached hydrogens (tertiary/aromatic N) is 1. The fourth-order valence-electron chi connectivity index (χ4n) is 1.77. The van der Waals surface area contributed by atoms with Crippen LogP contribution in [-0.2, 0) is 4.79 Å². The summed E-state index contributed by atoms with van der Waals surface area (Å²) in [6, 6.07) is 7.88. The maximum absolute atomic E-state index is 11.6. The van der Waals surface area contributed by atoms with Gasteiger partial charge in [0.1, 0.15) is 5.01 Å². The molecule has 1 aliphatic carbocycles. The van der Waals surface area contributed by atoms with Gasteiger partial charge in [-0.15, -0.1) is 11.3 Å². The highest BCUT2D eigenvalue weighted by atomic mass is 32.1. The second-order valence-corrected chi connectivity index (χ2v) is 5.49. The van der Waals surface area contributed by atoms with Gasteiger partial charge >= 0.3 is 0 Å². The molecular weight excluding hydrogens is 244 g/mol. The average molecular weight is 258 g/mol. The molecule has 3 nitrogen and oxygen atoms in total. The molecular formula is C14H14N2OS. The van der Waals surface area contributed by atoms with Crippen LogP contribution in [0.3, 0.4) is 0 Å². The second kappa shape index (κ2) is 4.53. The van der Waals surface area contributed by atoms with E-state index >= 15 is 0 Å². The predicted molar refractivity (Wildman–Crippen MR) is 73.6 cm³/mol. The van der Waals surface area contributed by atoms with Crippen LogP contribution in [0.2, 0.25) is 0 Å². The zero-order valence-corrected chi connectivity index (χ0v) is 11.0. The Balaban J connectivity index is 1.74. The Morgan fingerprint density at radius 3 is 2.61 bits per heavy atom. The van der Waals surface area contributed by atoms with Gasteiger partial charge in [-0.05, 0) is 44.0 Å². The number of thiazole rings is 1. The zero-order valence-electron chi connectivity index (χ0n) is 10.1. The maximum Gasteiger partial charge on any atom is 0.227 e. The van der Waals surface area contributed by atoms with Crippen molar-refractivity contribution in [3.05, 3.63) is 35.3 Å². The first-order valence-corrected chi connectivity index (χ1v) is 6.94. The summed E-state index contributed by atoms with van der Waals surface area (Å²) in [5, 5.41) is 5.99. The number of aryl methyl sites for hydroxylation is 1. The van der Waals surface area contributed by atoms with E-state index in [4.69, 9.17) is 0 Å². The summed E-state index contributed by atoms with van der Waals surface area (Å²) in [4.78, 5) is 16.1. The van der Waals surface area contributed by atoms with Crippen LogP contribution in [0.5, 0.6) is 0 Å². The van der Waals surface area contributed by atoms with E-state index in [1.807, 2.05) is 36.6 Å². The van der Waals surface area contributed by atoms with E-state index in [9.17, 15) is 4.79 Å². The normalized spacial score (nSPS) is 14.5. The molecule has 1 heterocycles. The Labute approximate surface area is 110 Å². The molecule has 0 atom stereocenters. The summed E-state index contributed by atoms with van der Waals surface area (Å²) in [6.07, 6.45) is 2.06. The highest BCUT2D eigenvalue weighted by Crippen LogP contribution is 2.30. The van der Waals surface area contributed by atoms with E-state index in [2.05, 4.69) is 10.3 Å². The topological polar surface area (TPSA) is 42.0 Å². The van der Waals surface area contributed by atoms with Gasteiger partial charge in [0.15, 0.2) is 0 Å². The summed E-state index contributed by atoms with van der Waals surface area (Å²) in [5.74, 6) is 0.388. The highest BCUT2D eigenvalue weighted by Gasteiger charge is 2.29. The van der Waals surface area contributed by atoms with Gasteiger partial charge in [0.25, 0.3) is 0 Å². The van der Waals surface area contributed by atoms with Crippen molar-refractivity contribution in [2.45, 2.75) is 19.8 Å². The molecule has 18 heavy (non-hydrogen) atoms. The van der Waals surface area contributed by atoms with Gasteiger partial charge in [-0.1, -0.05) is 0 Å². The van der Waals surface area contributed by atoms with E-state index in [1.165, 1.54) is 0 Å². The lowest BCUT2D eigenvalue weighted by Gasteiger charge is -2.04. The number of aromatic nitrogens is 1. The third-order valence-corrected chi connectivity index (χ3v) is 3.98. The fraction of sp³-hybridized carbons (Fsp3) is 0.286. The van der Waals surface area contributed by atoms with Gasteiger partial charge in [-0.2, -0.15) is 0 Å². The molecule has 92 valence electrons. The molecule has 0 bridgehead atoms. The smallest absolute Gasteiger partial charge is 0.227 e. The molecule has 3 rings (SSSR count). The molecule has 0 aliphatic heterocycles. The minimum Gasteiger partial charge on any atom is -0.326 e. The van der Waals surface area contributed by atoms with Crippen molar-refractivity contribution in [2.24, 2.45) is 5.92 Å². The van der Waals surface area contributed by atoms with E-state index in [-0.39, 0.29) is 11.8 Å². The summed E-state index contributed by atoms with van der Waals surface area (Å²) in [5.41, 5.74) is 3.00. The molecule has 1 aromatic heterocycles. The Morgan fingerprint density at radius 2 is 2.06 bits per heavy atom. The van der Waals surface area contributed by atoms with Crippen molar-refractivity contribution < 1.29 is 4.79 Å². The molecule has 1 saturated carbocycles. The van der Waals surface area contributed by atoms with Gasteiger partial charge in [-0.3, -0.25) is 4.79 Å². The number of nitrogens with one attached hydrogen (secondary N) is 1. The van der Waals surface area contributed by atoms with Crippen molar-refractivity contribution in [3.8, 4) is 10.6 Å². The monoisotopic (exact) mass is 258 g/mol. The number of anilines is 1. The fourth-order valence-corrected chi connectivity index (χ4v) is 2.58. The Hall–Kier alpha value is -1.68. The number of carbonyl (C=O) groups excluding carboxylic acids is 1. The van der Waals surface area contributed by atoms with E-state index in [1.54, 1.807) is 11.3 Å². The first-order chi connectivity index (χ1) is 8.72. The van der Waals surface area contributed by atoms with Crippen LogP contribution in [0.4, 0.5) is 5.69 Å². The van der Waals surface area contributed by atoms with Crippen LogP contribution in [0.15, 0.2) is 29.6 Å². The van der Waals surface area contributed by atoms with Crippen LogP contribution in [-0.4, -0.2) is 10.9 Å². The zero-order chi connectivity index (χ0) is 12.5. The predicted octanol–water partition coefficient (Wildman–Crippen LogP) is 3.47. The number of amides is 1. The van der Waals surface area contributed by atoms with E-state index in [0.29, 0.717) is 0 Å². The lowest BCUT2D eigenvalue weighted by atomic mass is 10.2. The third kappa shape index (κ3) is 2.43. The molecule has 1 aromatic carbocycles. The van der Waals surface area contributed by atoms with Crippen molar-refractivity contribution in [3.63, 3.8) is 0 Å². The van der Waals surface area contributed by atoms with Crippen LogP contribution < -0.4 is 5.32 Å². The molecule has 0 saturated heterocycles. The first kappa shape index (κ1) is 11.4. The molecule has 1 N–H and O–H groups in total. The van der Waals surface area contributed by atoms with Crippen LogP contribution >= 0.6 is 11.3 Å². The van der Waals surface area contributed by atoms with Crippen molar-refractivity contribution in [2.75, 3.05) is 5.32 Å². The molecule has 4 heteroatoms. The molecule has 1 amide bonds. The standard InChI is InChI=1S/C14H14N2OS/c1-9-8-18-14(15-9)11-4-6-12(7-5-11)16-13(17)10-2-3-10/h4-8,10H,2-3H2,1H3,(H,16,17). The van der Waals surface area contributed by atoms with Crippen LogP contribution in [0.25, 0.3) is 10.6 Å². The van der Waals surface area contributed by atoms with Crippen molar-refractivity contribution in [1.29, 1.82) is 0 Å². The first-order valence-electron chi connectivity index (χ1n) is 6.06. The number of carbonyl (C=O) groups is 1. The summed E-state index contributed by atoms with van der Waals surface area (Å²) < 4.78 is 0. The van der Waals surface area contributed by atoms with Gasteiger partial charge < -0.3 is 5.32 Å². The molecule has 1 aliphatic rings. The van der Waals surface area contributed by atoms with Gasteiger partial charge in [-0.25, -0.2) is 4.98 Å². The molecule has 0 spiro atoms. The molecule has 2 aromatic rings. The Bertz CT molecular complexity index is 570. The molecule has 0 radical (unpaired) electrons. The molecule has 1 fully saturated rings. The quantitative estimate of drug-likeness (QED) is 0.916. The van der Waals surface area contributed by atoms with E-state index < -0.39 is 0 Å². The SMILES string of the molecule is Cc1csc(-c2ccc(NC(=O)C3CC3)cc2)n1. The van der Waals surface area contributed by atoms with Gasteiger partial charge in [0.05, 0.1) is 0 Å². The van der Waals surface area contributed by atoms with E-state index in [0.717, 1.165) is 34.8 Å². The van der Waals surface area contributed by atoms with Crippen molar-refractivity contribution >= 4 is 22.9 Å². The largest absolute Gasteiger partial charge is 0.326 e. The average Bonchev–Trinajstić information content (AvgIpc) is 3.13. The number of rotatable bonds is 3. The van der Waals surface area contributed by atoms with Crippen LogP contribution in [0.1, 0.15) is 18.5 Å². The maximum atomic E-state index is 11.6. The Morgan fingerprint density at radius 1 is 1.33 bits per heavy atom. The number of hydrogen-bond donors (Lipinski definition) is 1.